The van der Waals surface area contributed by atoms with Crippen LogP contribution in [-0.4, -0.2) is 21.9 Å². The molecule has 1 fully saturated rings. The second-order valence-electron chi connectivity index (χ2n) is 5.18. The molecule has 1 aromatic rings. The molecule has 0 unspecified atom stereocenters. The summed E-state index contributed by atoms with van der Waals surface area (Å²) in [7, 11) is 0. The van der Waals surface area contributed by atoms with Gasteiger partial charge >= 0.3 is 6.18 Å². The predicted octanol–water partition coefficient (Wildman–Crippen LogP) is 3.76. The van der Waals surface area contributed by atoms with E-state index in [2.05, 4.69) is 4.98 Å². The number of hydrogen-bond donors (Lipinski definition) is 1. The average molecular weight is 294 g/mol. The molecule has 1 saturated carbocycles. The van der Waals surface area contributed by atoms with Gasteiger partial charge < -0.3 is 5.11 Å². The van der Waals surface area contributed by atoms with Crippen LogP contribution in [0.1, 0.15) is 31.2 Å². The first-order chi connectivity index (χ1) is 8.80. The summed E-state index contributed by atoms with van der Waals surface area (Å²) in [6, 6.07) is 1.69. The molecular weight excluding hydrogens is 279 g/mol. The molecule has 0 aliphatic heterocycles. The van der Waals surface area contributed by atoms with E-state index in [9.17, 15) is 18.3 Å². The van der Waals surface area contributed by atoms with Crippen molar-refractivity contribution < 1.29 is 18.3 Å². The average Bonchev–Trinajstić information content (AvgIpc) is 2.31. The molecule has 0 radical (unpaired) electrons. The predicted molar refractivity (Wildman–Crippen MR) is 65.9 cm³/mol. The second-order valence-corrected chi connectivity index (χ2v) is 5.59. The molecule has 1 aliphatic rings. The molecule has 0 amide bonds. The molecule has 0 saturated heterocycles. The lowest BCUT2D eigenvalue weighted by Gasteiger charge is -2.36. The molecule has 6 heteroatoms. The van der Waals surface area contributed by atoms with Crippen molar-refractivity contribution in [3.63, 3.8) is 0 Å². The van der Waals surface area contributed by atoms with Crippen LogP contribution in [0.25, 0.3) is 0 Å². The third kappa shape index (κ3) is 3.60. The Bertz CT molecular complexity index is 442. The fraction of sp³-hybridized carbons (Fsp3) is 0.615. The normalized spacial score (nSPS) is 28.4. The quantitative estimate of drug-likeness (QED) is 0.900. The van der Waals surface area contributed by atoms with Crippen molar-refractivity contribution >= 4 is 11.6 Å². The molecule has 0 atom stereocenters. The number of hydrogen-bond acceptors (Lipinski definition) is 2. The molecule has 19 heavy (non-hydrogen) atoms. The van der Waals surface area contributed by atoms with E-state index in [-0.39, 0.29) is 32.1 Å². The topological polar surface area (TPSA) is 33.1 Å². The van der Waals surface area contributed by atoms with Crippen LogP contribution >= 0.6 is 11.6 Å². The maximum absolute atomic E-state index is 12.6. The molecule has 0 spiro atoms. The number of halogens is 4. The highest BCUT2D eigenvalue weighted by Gasteiger charge is 2.45. The smallest absolute Gasteiger partial charge is 0.390 e. The van der Waals surface area contributed by atoms with E-state index in [0.29, 0.717) is 5.02 Å². The van der Waals surface area contributed by atoms with Gasteiger partial charge in [-0.2, -0.15) is 13.2 Å². The second kappa shape index (κ2) is 5.29. The Labute approximate surface area is 114 Å². The summed E-state index contributed by atoms with van der Waals surface area (Å²) in [6.07, 6.45) is -0.598. The van der Waals surface area contributed by atoms with Crippen molar-refractivity contribution in [2.24, 2.45) is 5.92 Å². The summed E-state index contributed by atoms with van der Waals surface area (Å²) in [4.78, 5) is 3.84. The minimum absolute atomic E-state index is 0.0251. The van der Waals surface area contributed by atoms with Gasteiger partial charge in [0.2, 0.25) is 0 Å². The van der Waals surface area contributed by atoms with E-state index in [1.165, 1.54) is 6.20 Å². The van der Waals surface area contributed by atoms with Crippen LogP contribution < -0.4 is 0 Å². The first kappa shape index (κ1) is 14.6. The maximum Gasteiger partial charge on any atom is 0.391 e. The highest BCUT2D eigenvalue weighted by molar-refractivity contribution is 6.31. The summed E-state index contributed by atoms with van der Waals surface area (Å²) in [5.74, 6) is -1.29. The van der Waals surface area contributed by atoms with Crippen molar-refractivity contribution in [2.75, 3.05) is 0 Å². The van der Waals surface area contributed by atoms with Gasteiger partial charge in [-0.15, -0.1) is 0 Å². The lowest BCUT2D eigenvalue weighted by Crippen LogP contribution is -2.39. The minimum Gasteiger partial charge on any atom is -0.390 e. The van der Waals surface area contributed by atoms with Crippen LogP contribution in [0.15, 0.2) is 18.5 Å². The molecule has 1 heterocycles. The summed E-state index contributed by atoms with van der Waals surface area (Å²) in [5.41, 5.74) is -0.364. The van der Waals surface area contributed by atoms with Gasteiger partial charge in [0.1, 0.15) is 0 Å². The van der Waals surface area contributed by atoms with Crippen LogP contribution in [0.2, 0.25) is 5.02 Å². The fourth-order valence-electron chi connectivity index (χ4n) is 2.56. The van der Waals surface area contributed by atoms with E-state index in [1.807, 2.05) is 0 Å². The summed E-state index contributed by atoms with van der Waals surface area (Å²) in [6.45, 7) is 0. The van der Waals surface area contributed by atoms with Gasteiger partial charge in [-0.05, 0) is 37.3 Å². The fourth-order valence-corrected chi connectivity index (χ4v) is 2.75. The van der Waals surface area contributed by atoms with Crippen LogP contribution in [-0.2, 0) is 6.42 Å². The van der Waals surface area contributed by atoms with Gasteiger partial charge in [0.15, 0.2) is 0 Å². The Morgan fingerprint density at radius 3 is 2.53 bits per heavy atom. The first-order valence-electron chi connectivity index (χ1n) is 6.18. The molecule has 2 nitrogen and oxygen atoms in total. The number of nitrogens with zero attached hydrogens (tertiary/aromatic N) is 1. The number of pyridine rings is 1. The van der Waals surface area contributed by atoms with Crippen molar-refractivity contribution in [1.82, 2.24) is 4.98 Å². The van der Waals surface area contributed by atoms with Crippen LogP contribution in [0.5, 0.6) is 0 Å². The lowest BCUT2D eigenvalue weighted by molar-refractivity contribution is -0.192. The standard InChI is InChI=1S/C13H15ClF3NO/c14-11-8-18-6-3-9(11)7-12(19)4-1-10(2-5-12)13(15,16)17/h3,6,8,10,19H,1-2,4-5,7H2. The Balaban J connectivity index is 2.01. The van der Waals surface area contributed by atoms with E-state index in [4.69, 9.17) is 11.6 Å². The largest absolute Gasteiger partial charge is 0.391 e. The molecule has 2 rings (SSSR count). The van der Waals surface area contributed by atoms with Crippen molar-refractivity contribution in [3.8, 4) is 0 Å². The zero-order valence-corrected chi connectivity index (χ0v) is 11.0. The maximum atomic E-state index is 12.6. The molecule has 1 N–H and O–H groups in total. The van der Waals surface area contributed by atoms with E-state index < -0.39 is 17.7 Å². The van der Waals surface area contributed by atoms with E-state index in [1.54, 1.807) is 12.3 Å². The Kier molecular flexibility index (Phi) is 4.06. The highest BCUT2D eigenvalue weighted by atomic mass is 35.5. The first-order valence-corrected chi connectivity index (χ1v) is 6.55. The molecule has 0 aromatic carbocycles. The molecule has 1 aliphatic carbocycles. The van der Waals surface area contributed by atoms with Crippen LogP contribution in [0.4, 0.5) is 13.2 Å². The van der Waals surface area contributed by atoms with Gasteiger partial charge in [0.05, 0.1) is 16.5 Å². The molecular formula is C13H15ClF3NO. The highest BCUT2D eigenvalue weighted by Crippen LogP contribution is 2.42. The SMILES string of the molecule is OC1(Cc2ccncc2Cl)CCC(C(F)(F)F)CC1. The lowest BCUT2D eigenvalue weighted by atomic mass is 9.76. The Morgan fingerprint density at radius 2 is 2.00 bits per heavy atom. The number of rotatable bonds is 2. The van der Waals surface area contributed by atoms with E-state index >= 15 is 0 Å². The van der Waals surface area contributed by atoms with Crippen molar-refractivity contribution in [1.29, 1.82) is 0 Å². The van der Waals surface area contributed by atoms with Gasteiger partial charge in [-0.25, -0.2) is 0 Å². The minimum atomic E-state index is -4.16. The number of alkyl halides is 3. The molecule has 1 aromatic heterocycles. The summed E-state index contributed by atoms with van der Waals surface area (Å²) >= 11 is 5.95. The monoisotopic (exact) mass is 293 g/mol. The summed E-state index contributed by atoms with van der Waals surface area (Å²) in [5, 5.41) is 10.8. The third-order valence-corrected chi connectivity index (χ3v) is 4.10. The van der Waals surface area contributed by atoms with Gasteiger partial charge in [-0.1, -0.05) is 11.6 Å². The molecule has 0 bridgehead atoms. The number of aliphatic hydroxyl groups is 1. The number of aromatic nitrogens is 1. The van der Waals surface area contributed by atoms with Gasteiger partial charge in [0, 0.05) is 18.8 Å². The Hall–Kier alpha value is -0.810. The third-order valence-electron chi connectivity index (χ3n) is 3.76. The van der Waals surface area contributed by atoms with Crippen molar-refractivity contribution in [3.05, 3.63) is 29.0 Å². The Morgan fingerprint density at radius 1 is 1.37 bits per heavy atom. The van der Waals surface area contributed by atoms with E-state index in [0.717, 1.165) is 5.56 Å². The van der Waals surface area contributed by atoms with Crippen LogP contribution in [0, 0.1) is 5.92 Å². The van der Waals surface area contributed by atoms with Gasteiger partial charge in [0.25, 0.3) is 0 Å². The zero-order chi connectivity index (χ0) is 14.1. The summed E-state index contributed by atoms with van der Waals surface area (Å²) < 4.78 is 37.7. The van der Waals surface area contributed by atoms with Crippen LogP contribution in [0.3, 0.4) is 0 Å². The van der Waals surface area contributed by atoms with Crippen molar-refractivity contribution in [2.45, 2.75) is 43.9 Å². The molecule has 106 valence electrons. The zero-order valence-electron chi connectivity index (χ0n) is 10.3. The van der Waals surface area contributed by atoms with Gasteiger partial charge in [-0.3, -0.25) is 4.98 Å².